The number of Topliss-reactive ketones (excluding diaryl/α,β-unsaturated/α-hetero) is 2. The molecule has 2 heteroatoms. The number of carbonyl (C=O) groups excluding carboxylic acids is 2. The molecule has 0 aliphatic heterocycles. The molecule has 78 valence electrons. The highest BCUT2D eigenvalue weighted by Crippen LogP contribution is 2.41. The van der Waals surface area contributed by atoms with Crippen LogP contribution in [-0.2, 0) is 11.2 Å². The molecule has 0 bridgehead atoms. The molecule has 2 nitrogen and oxygen atoms in total. The minimum atomic E-state index is -0.469. The van der Waals surface area contributed by atoms with E-state index in [-0.39, 0.29) is 0 Å². The molecule has 0 unspecified atom stereocenters. The smallest absolute Gasteiger partial charge is 0.234 e. The molecule has 0 radical (unpaired) electrons. The Balaban J connectivity index is 2.40. The highest BCUT2D eigenvalue weighted by Gasteiger charge is 2.36. The molecule has 2 aliphatic rings. The van der Waals surface area contributed by atoms with Crippen LogP contribution in [0.25, 0.3) is 11.1 Å². The second-order valence-corrected chi connectivity index (χ2v) is 4.26. The van der Waals surface area contributed by atoms with Crippen LogP contribution in [0.3, 0.4) is 0 Å². The minimum Gasteiger partial charge on any atom is -0.285 e. The first kappa shape index (κ1) is 9.28. The van der Waals surface area contributed by atoms with Gasteiger partial charge in [0.1, 0.15) is 0 Å². The summed E-state index contributed by atoms with van der Waals surface area (Å²) in [5, 5.41) is 0. The zero-order chi connectivity index (χ0) is 11.4. The van der Waals surface area contributed by atoms with E-state index in [2.05, 4.69) is 13.2 Å². The lowest BCUT2D eigenvalue weighted by Gasteiger charge is -2.07. The second kappa shape index (κ2) is 2.79. The summed E-state index contributed by atoms with van der Waals surface area (Å²) < 4.78 is 0. The number of ketones is 2. The maximum absolute atomic E-state index is 11.7. The van der Waals surface area contributed by atoms with Crippen molar-refractivity contribution in [1.29, 1.82) is 0 Å². The molecule has 0 N–H and O–H groups in total. The third-order valence-corrected chi connectivity index (χ3v) is 3.37. The van der Waals surface area contributed by atoms with Crippen molar-refractivity contribution >= 4 is 22.7 Å². The zero-order valence-corrected chi connectivity index (χ0v) is 8.80. The van der Waals surface area contributed by atoms with Crippen LogP contribution in [-0.4, -0.2) is 11.6 Å². The van der Waals surface area contributed by atoms with E-state index in [0.29, 0.717) is 11.1 Å². The second-order valence-electron chi connectivity index (χ2n) is 4.26. The third-order valence-electron chi connectivity index (χ3n) is 3.37. The van der Waals surface area contributed by atoms with Gasteiger partial charge < -0.3 is 0 Å². The highest BCUT2D eigenvalue weighted by molar-refractivity contribution is 6.63. The monoisotopic (exact) mass is 210 g/mol. The number of benzene rings is 1. The first-order chi connectivity index (χ1) is 7.61. The van der Waals surface area contributed by atoms with E-state index in [0.717, 1.165) is 29.5 Å². The van der Waals surface area contributed by atoms with Crippen LogP contribution in [0.2, 0.25) is 0 Å². The van der Waals surface area contributed by atoms with Gasteiger partial charge in [-0.15, -0.1) is 0 Å². The van der Waals surface area contributed by atoms with Crippen LogP contribution in [0.4, 0.5) is 0 Å². The highest BCUT2D eigenvalue weighted by atomic mass is 16.2. The Labute approximate surface area is 93.3 Å². The molecular weight excluding hydrogens is 200 g/mol. The summed E-state index contributed by atoms with van der Waals surface area (Å²) in [5.41, 5.74) is 4.73. The molecule has 1 aromatic rings. The largest absolute Gasteiger partial charge is 0.285 e. The van der Waals surface area contributed by atoms with Crippen molar-refractivity contribution < 1.29 is 9.59 Å². The number of hydrogen-bond acceptors (Lipinski definition) is 2. The molecular formula is C14H10O2. The number of aryl methyl sites for hydroxylation is 1. The van der Waals surface area contributed by atoms with Gasteiger partial charge in [0.2, 0.25) is 11.6 Å². The molecule has 0 spiro atoms. The predicted molar refractivity (Wildman–Crippen MR) is 62.2 cm³/mol. The summed E-state index contributed by atoms with van der Waals surface area (Å²) in [4.78, 5) is 23.3. The molecule has 0 atom stereocenters. The number of carbonyl (C=O) groups is 2. The summed E-state index contributed by atoms with van der Waals surface area (Å²) >= 11 is 0. The fourth-order valence-corrected chi connectivity index (χ4v) is 2.54. The summed E-state index contributed by atoms with van der Waals surface area (Å²) in [5.74, 6) is -0.898. The van der Waals surface area contributed by atoms with Crippen molar-refractivity contribution in [2.45, 2.75) is 12.8 Å². The summed E-state index contributed by atoms with van der Waals surface area (Å²) in [7, 11) is 0. The van der Waals surface area contributed by atoms with E-state index in [1.165, 1.54) is 5.56 Å². The van der Waals surface area contributed by atoms with Gasteiger partial charge in [-0.05, 0) is 35.6 Å². The van der Waals surface area contributed by atoms with Crippen LogP contribution in [0.5, 0.6) is 0 Å². The summed E-state index contributed by atoms with van der Waals surface area (Å²) in [6, 6.07) is 3.67. The zero-order valence-electron chi connectivity index (χ0n) is 8.80. The Morgan fingerprint density at radius 1 is 0.938 bits per heavy atom. The Kier molecular flexibility index (Phi) is 1.62. The van der Waals surface area contributed by atoms with Gasteiger partial charge in [-0.2, -0.15) is 0 Å². The van der Waals surface area contributed by atoms with E-state index in [9.17, 15) is 9.59 Å². The fourth-order valence-electron chi connectivity index (χ4n) is 2.54. The topological polar surface area (TPSA) is 34.1 Å². The molecule has 0 aromatic heterocycles. The molecule has 16 heavy (non-hydrogen) atoms. The third kappa shape index (κ3) is 0.915. The van der Waals surface area contributed by atoms with Crippen molar-refractivity contribution in [2.75, 3.05) is 0 Å². The Morgan fingerprint density at radius 3 is 2.44 bits per heavy atom. The molecule has 2 aliphatic carbocycles. The number of rotatable bonds is 0. The van der Waals surface area contributed by atoms with E-state index >= 15 is 0 Å². The summed E-state index contributed by atoms with van der Waals surface area (Å²) in [6.07, 6.45) is 1.85. The SMILES string of the molecule is C=C1CCc2ccc3c(c21)C(=C)C(=O)C3=O. The number of hydrogen-bond donors (Lipinski definition) is 0. The van der Waals surface area contributed by atoms with Crippen molar-refractivity contribution in [3.63, 3.8) is 0 Å². The first-order valence-electron chi connectivity index (χ1n) is 5.23. The van der Waals surface area contributed by atoms with Gasteiger partial charge in [0.25, 0.3) is 0 Å². The lowest BCUT2D eigenvalue weighted by molar-refractivity contribution is -0.109. The van der Waals surface area contributed by atoms with Crippen molar-refractivity contribution in [3.05, 3.63) is 47.5 Å². The van der Waals surface area contributed by atoms with E-state index < -0.39 is 11.6 Å². The summed E-state index contributed by atoms with van der Waals surface area (Å²) in [6.45, 7) is 7.72. The molecule has 3 rings (SSSR count). The average molecular weight is 210 g/mol. The lowest BCUT2D eigenvalue weighted by atomic mass is 9.96. The van der Waals surface area contributed by atoms with E-state index in [1.807, 2.05) is 6.07 Å². The molecule has 0 fully saturated rings. The van der Waals surface area contributed by atoms with Gasteiger partial charge in [0.05, 0.1) is 0 Å². The van der Waals surface area contributed by atoms with Gasteiger partial charge in [-0.1, -0.05) is 19.2 Å². The van der Waals surface area contributed by atoms with E-state index in [1.54, 1.807) is 6.07 Å². The number of fused-ring (bicyclic) bond motifs is 3. The van der Waals surface area contributed by atoms with Crippen LogP contribution < -0.4 is 0 Å². The maximum Gasteiger partial charge on any atom is 0.234 e. The quantitative estimate of drug-likeness (QED) is 0.487. The first-order valence-corrected chi connectivity index (χ1v) is 5.23. The molecule has 0 saturated heterocycles. The normalized spacial score (nSPS) is 18.0. The number of allylic oxidation sites excluding steroid dienone is 2. The Morgan fingerprint density at radius 2 is 1.69 bits per heavy atom. The van der Waals surface area contributed by atoms with Crippen LogP contribution in [0.1, 0.15) is 33.5 Å². The standard InChI is InChI=1S/C14H10O2/c1-7-3-4-9-5-6-10-12(11(7)9)8(2)13(15)14(10)16/h5-6H,1-4H2. The van der Waals surface area contributed by atoms with Crippen LogP contribution in [0, 0.1) is 0 Å². The van der Waals surface area contributed by atoms with Crippen molar-refractivity contribution in [1.82, 2.24) is 0 Å². The fraction of sp³-hybridized carbons (Fsp3) is 0.143. The van der Waals surface area contributed by atoms with Crippen LogP contribution in [0.15, 0.2) is 25.3 Å². The molecule has 1 aromatic carbocycles. The Hall–Kier alpha value is -1.96. The van der Waals surface area contributed by atoms with Gasteiger partial charge in [0, 0.05) is 16.7 Å². The van der Waals surface area contributed by atoms with Gasteiger partial charge in [-0.3, -0.25) is 9.59 Å². The molecule has 0 saturated carbocycles. The van der Waals surface area contributed by atoms with Crippen molar-refractivity contribution in [3.8, 4) is 0 Å². The maximum atomic E-state index is 11.7. The molecule has 0 amide bonds. The average Bonchev–Trinajstić information content (AvgIpc) is 2.75. The Bertz CT molecular complexity index is 591. The minimum absolute atomic E-state index is 0.333. The lowest BCUT2D eigenvalue weighted by Crippen LogP contribution is -2.04. The van der Waals surface area contributed by atoms with Gasteiger partial charge in [-0.25, -0.2) is 0 Å². The van der Waals surface area contributed by atoms with Gasteiger partial charge in [0.15, 0.2) is 0 Å². The predicted octanol–water partition coefficient (Wildman–Crippen LogP) is 2.42. The molecule has 0 heterocycles. The van der Waals surface area contributed by atoms with Crippen molar-refractivity contribution in [2.24, 2.45) is 0 Å². The van der Waals surface area contributed by atoms with Gasteiger partial charge >= 0.3 is 0 Å². The van der Waals surface area contributed by atoms with E-state index in [4.69, 9.17) is 0 Å². The van der Waals surface area contributed by atoms with Crippen LogP contribution >= 0.6 is 0 Å².